The monoisotopic (exact) mass is 291 g/mol. The molecule has 0 amide bonds. The Labute approximate surface area is 119 Å². The molecular formula is C14H14FN3OS. The summed E-state index contributed by atoms with van der Waals surface area (Å²) in [5.74, 6) is 0.329. The highest BCUT2D eigenvalue weighted by molar-refractivity contribution is 7.05. The van der Waals surface area contributed by atoms with Crippen LogP contribution < -0.4 is 5.32 Å². The van der Waals surface area contributed by atoms with Gasteiger partial charge in [-0.2, -0.15) is 0 Å². The van der Waals surface area contributed by atoms with Gasteiger partial charge in [0.2, 0.25) is 0 Å². The number of nitrogens with one attached hydrogen (secondary N) is 1. The van der Waals surface area contributed by atoms with E-state index in [0.29, 0.717) is 11.3 Å². The third kappa shape index (κ3) is 2.10. The summed E-state index contributed by atoms with van der Waals surface area (Å²) in [6, 6.07) is 6.62. The number of halogens is 1. The van der Waals surface area contributed by atoms with E-state index in [2.05, 4.69) is 14.9 Å². The second-order valence-electron chi connectivity index (χ2n) is 4.47. The van der Waals surface area contributed by atoms with E-state index in [9.17, 15) is 4.39 Å². The molecule has 2 aromatic heterocycles. The van der Waals surface area contributed by atoms with Crippen LogP contribution in [0.5, 0.6) is 0 Å². The minimum absolute atomic E-state index is 0.156. The van der Waals surface area contributed by atoms with Crippen LogP contribution >= 0.6 is 11.5 Å². The Kier molecular flexibility index (Phi) is 3.50. The molecule has 0 fully saturated rings. The van der Waals surface area contributed by atoms with Crippen LogP contribution in [-0.4, -0.2) is 16.6 Å². The zero-order valence-corrected chi connectivity index (χ0v) is 12.0. The molecule has 3 aromatic rings. The Morgan fingerprint density at radius 2 is 2.30 bits per heavy atom. The molecule has 1 aromatic carbocycles. The maximum absolute atomic E-state index is 13.7. The lowest BCUT2D eigenvalue weighted by atomic mass is 10.1. The highest BCUT2D eigenvalue weighted by Crippen LogP contribution is 2.32. The normalized spacial score (nSPS) is 12.9. The molecule has 1 atom stereocenters. The predicted molar refractivity (Wildman–Crippen MR) is 76.4 cm³/mol. The quantitative estimate of drug-likeness (QED) is 0.801. The van der Waals surface area contributed by atoms with Gasteiger partial charge in [0.25, 0.3) is 0 Å². The molecule has 0 radical (unpaired) electrons. The topological polar surface area (TPSA) is 51.0 Å². The van der Waals surface area contributed by atoms with Gasteiger partial charge in [-0.15, -0.1) is 5.10 Å². The molecule has 1 unspecified atom stereocenters. The van der Waals surface area contributed by atoms with Crippen LogP contribution in [0.4, 0.5) is 4.39 Å². The predicted octanol–water partition coefficient (Wildman–Crippen LogP) is 3.29. The zero-order valence-electron chi connectivity index (χ0n) is 11.2. The number of furan rings is 1. The lowest BCUT2D eigenvalue weighted by Crippen LogP contribution is -2.17. The second-order valence-corrected chi connectivity index (χ2v) is 5.25. The van der Waals surface area contributed by atoms with Crippen molar-refractivity contribution in [2.75, 3.05) is 7.05 Å². The Morgan fingerprint density at radius 1 is 1.45 bits per heavy atom. The van der Waals surface area contributed by atoms with Crippen molar-refractivity contribution in [1.29, 1.82) is 0 Å². The molecule has 0 aliphatic heterocycles. The van der Waals surface area contributed by atoms with Gasteiger partial charge in [-0.25, -0.2) is 4.39 Å². The maximum atomic E-state index is 13.7. The first kappa shape index (κ1) is 13.2. The number of para-hydroxylation sites is 1. The number of rotatable bonds is 4. The fourth-order valence-electron chi connectivity index (χ4n) is 2.27. The lowest BCUT2D eigenvalue weighted by Gasteiger charge is -2.11. The van der Waals surface area contributed by atoms with Crippen LogP contribution in [0.2, 0.25) is 0 Å². The standard InChI is InChI=1S/C14H14FN3OS/c1-3-10-14(20-18-17-10)12(16-2)11-7-8-5-4-6-9(15)13(8)19-11/h4-7,12,16H,3H2,1-2H3. The summed E-state index contributed by atoms with van der Waals surface area (Å²) in [6.45, 7) is 2.03. The number of hydrogen-bond acceptors (Lipinski definition) is 5. The Hall–Kier alpha value is -1.79. The number of fused-ring (bicyclic) bond motifs is 1. The van der Waals surface area contributed by atoms with Crippen molar-refractivity contribution in [2.45, 2.75) is 19.4 Å². The van der Waals surface area contributed by atoms with Crippen molar-refractivity contribution in [1.82, 2.24) is 14.9 Å². The van der Waals surface area contributed by atoms with Crippen molar-refractivity contribution in [3.8, 4) is 0 Å². The second kappa shape index (κ2) is 5.30. The maximum Gasteiger partial charge on any atom is 0.169 e. The molecule has 1 N–H and O–H groups in total. The van der Waals surface area contributed by atoms with Gasteiger partial charge in [0.1, 0.15) is 11.8 Å². The number of nitrogens with zero attached hydrogens (tertiary/aromatic N) is 2. The van der Waals surface area contributed by atoms with E-state index in [0.717, 1.165) is 22.4 Å². The summed E-state index contributed by atoms with van der Waals surface area (Å²) in [5, 5.41) is 8.06. The minimum atomic E-state index is -0.346. The van der Waals surface area contributed by atoms with Crippen LogP contribution in [0.15, 0.2) is 28.7 Å². The van der Waals surface area contributed by atoms with Gasteiger partial charge < -0.3 is 9.73 Å². The van der Waals surface area contributed by atoms with Crippen molar-refractivity contribution in [2.24, 2.45) is 0 Å². The summed E-state index contributed by atoms with van der Waals surface area (Å²) in [5.41, 5.74) is 1.23. The molecule has 4 nitrogen and oxygen atoms in total. The number of benzene rings is 1. The number of hydrogen-bond donors (Lipinski definition) is 1. The SMILES string of the molecule is CCc1nnsc1C(NC)c1cc2cccc(F)c2o1. The molecular weight excluding hydrogens is 277 g/mol. The highest BCUT2D eigenvalue weighted by Gasteiger charge is 2.23. The van der Waals surface area contributed by atoms with E-state index in [1.807, 2.05) is 26.1 Å². The molecule has 6 heteroatoms. The fourth-order valence-corrected chi connectivity index (χ4v) is 3.13. The number of aromatic nitrogens is 2. The van der Waals surface area contributed by atoms with Gasteiger partial charge in [0.15, 0.2) is 11.4 Å². The highest BCUT2D eigenvalue weighted by atomic mass is 32.1. The fraction of sp³-hybridized carbons (Fsp3) is 0.286. The molecule has 3 rings (SSSR count). The summed E-state index contributed by atoms with van der Waals surface area (Å²) < 4.78 is 23.4. The van der Waals surface area contributed by atoms with E-state index in [1.54, 1.807) is 6.07 Å². The average molecular weight is 291 g/mol. The summed E-state index contributed by atoms with van der Waals surface area (Å²) >= 11 is 1.34. The molecule has 0 bridgehead atoms. The van der Waals surface area contributed by atoms with Gasteiger partial charge in [-0.1, -0.05) is 23.5 Å². The van der Waals surface area contributed by atoms with E-state index in [1.165, 1.54) is 17.6 Å². The first-order valence-electron chi connectivity index (χ1n) is 6.41. The van der Waals surface area contributed by atoms with Crippen molar-refractivity contribution in [3.63, 3.8) is 0 Å². The van der Waals surface area contributed by atoms with Gasteiger partial charge in [0, 0.05) is 5.39 Å². The van der Waals surface area contributed by atoms with Crippen LogP contribution in [0.1, 0.15) is 29.3 Å². The molecule has 0 saturated heterocycles. The molecule has 0 spiro atoms. The summed E-state index contributed by atoms with van der Waals surface area (Å²) in [6.07, 6.45) is 0.804. The van der Waals surface area contributed by atoms with Gasteiger partial charge in [-0.3, -0.25) is 0 Å². The minimum Gasteiger partial charge on any atom is -0.456 e. The van der Waals surface area contributed by atoms with E-state index < -0.39 is 0 Å². The summed E-state index contributed by atoms with van der Waals surface area (Å²) in [4.78, 5) is 1.01. The molecule has 20 heavy (non-hydrogen) atoms. The first-order chi connectivity index (χ1) is 9.74. The van der Waals surface area contributed by atoms with E-state index in [-0.39, 0.29) is 11.9 Å². The van der Waals surface area contributed by atoms with Crippen molar-refractivity contribution in [3.05, 3.63) is 46.4 Å². The average Bonchev–Trinajstić information content (AvgIpc) is 3.07. The first-order valence-corrected chi connectivity index (χ1v) is 7.18. The van der Waals surface area contributed by atoms with Crippen LogP contribution in [0.25, 0.3) is 11.0 Å². The smallest absolute Gasteiger partial charge is 0.169 e. The van der Waals surface area contributed by atoms with E-state index in [4.69, 9.17) is 4.42 Å². The van der Waals surface area contributed by atoms with E-state index >= 15 is 0 Å². The molecule has 0 saturated carbocycles. The van der Waals surface area contributed by atoms with Crippen molar-refractivity contribution >= 4 is 22.5 Å². The zero-order chi connectivity index (χ0) is 14.1. The molecule has 0 aliphatic carbocycles. The molecule has 0 aliphatic rings. The van der Waals surface area contributed by atoms with Crippen molar-refractivity contribution < 1.29 is 8.81 Å². The Bertz CT molecular complexity index is 737. The van der Waals surface area contributed by atoms with Crippen LogP contribution in [0.3, 0.4) is 0 Å². The van der Waals surface area contributed by atoms with Gasteiger partial charge >= 0.3 is 0 Å². The van der Waals surface area contributed by atoms with Gasteiger partial charge in [-0.05, 0) is 37.1 Å². The largest absolute Gasteiger partial charge is 0.456 e. The Balaban J connectivity index is 2.10. The molecule has 2 heterocycles. The van der Waals surface area contributed by atoms with Gasteiger partial charge in [0.05, 0.1) is 10.6 Å². The van der Waals surface area contributed by atoms with Crippen LogP contribution in [-0.2, 0) is 6.42 Å². The third-order valence-corrected chi connectivity index (χ3v) is 4.10. The third-order valence-electron chi connectivity index (χ3n) is 3.27. The molecule has 104 valence electrons. The van der Waals surface area contributed by atoms with Crippen LogP contribution in [0, 0.1) is 5.82 Å². The Morgan fingerprint density at radius 3 is 3.00 bits per heavy atom. The number of aryl methyl sites for hydroxylation is 1. The lowest BCUT2D eigenvalue weighted by molar-refractivity contribution is 0.478. The summed E-state index contributed by atoms with van der Waals surface area (Å²) in [7, 11) is 1.84.